The van der Waals surface area contributed by atoms with Crippen molar-refractivity contribution in [1.29, 1.82) is 0 Å². The summed E-state index contributed by atoms with van der Waals surface area (Å²) in [6.07, 6.45) is 11.6. The number of aryl methyl sites for hydroxylation is 1. The summed E-state index contributed by atoms with van der Waals surface area (Å²) in [4.78, 5) is 0. The average molecular weight is 403 g/mol. The van der Waals surface area contributed by atoms with E-state index in [9.17, 15) is 5.11 Å². The molecule has 1 N–H and O–H groups in total. The molecule has 0 radical (unpaired) electrons. The molecule has 0 aromatic heterocycles. The molecule has 4 nitrogen and oxygen atoms in total. The van der Waals surface area contributed by atoms with Gasteiger partial charge in [-0.05, 0) is 76.6 Å². The Morgan fingerprint density at radius 2 is 1.90 bits per heavy atom. The fourth-order valence-electron chi connectivity index (χ4n) is 3.70. The number of phenols is 1. The molecule has 1 aliphatic heterocycles. The number of hydrogen-bond acceptors (Lipinski definition) is 4. The molecule has 3 unspecified atom stereocenters. The van der Waals surface area contributed by atoms with E-state index in [1.54, 1.807) is 13.2 Å². The highest BCUT2D eigenvalue weighted by Crippen LogP contribution is 2.29. The highest BCUT2D eigenvalue weighted by atomic mass is 16.7. The molecule has 29 heavy (non-hydrogen) atoms. The Bertz CT molecular complexity index is 688. The zero-order valence-corrected chi connectivity index (χ0v) is 18.7. The van der Waals surface area contributed by atoms with Gasteiger partial charge in [0.1, 0.15) is 0 Å². The van der Waals surface area contributed by atoms with Crippen LogP contribution in [0.15, 0.2) is 41.5 Å². The van der Waals surface area contributed by atoms with Gasteiger partial charge in [-0.2, -0.15) is 0 Å². The summed E-state index contributed by atoms with van der Waals surface area (Å²) >= 11 is 0. The number of ether oxygens (including phenoxy) is 3. The predicted molar refractivity (Wildman–Crippen MR) is 118 cm³/mol. The maximum Gasteiger partial charge on any atom is 0.177 e. The minimum atomic E-state index is -0.258. The molecule has 0 spiro atoms. The van der Waals surface area contributed by atoms with Crippen LogP contribution in [0.5, 0.6) is 11.5 Å². The highest BCUT2D eigenvalue weighted by molar-refractivity contribution is 5.41. The molecule has 1 aromatic carbocycles. The number of aromatic hydroxyl groups is 1. The van der Waals surface area contributed by atoms with Crippen LogP contribution in [-0.4, -0.2) is 30.7 Å². The van der Waals surface area contributed by atoms with E-state index in [0.717, 1.165) is 50.5 Å². The molecule has 162 valence electrons. The molecule has 0 saturated carbocycles. The molecule has 0 amide bonds. The number of methoxy groups -OCH3 is 1. The maximum atomic E-state index is 9.78. The minimum Gasteiger partial charge on any atom is -0.504 e. The van der Waals surface area contributed by atoms with Crippen molar-refractivity contribution >= 4 is 0 Å². The molecule has 1 aliphatic rings. The van der Waals surface area contributed by atoms with Gasteiger partial charge in [-0.15, -0.1) is 0 Å². The summed E-state index contributed by atoms with van der Waals surface area (Å²) in [5, 5.41) is 9.78. The van der Waals surface area contributed by atoms with Crippen molar-refractivity contribution in [2.45, 2.75) is 91.1 Å². The maximum absolute atomic E-state index is 9.78. The molecule has 1 fully saturated rings. The first-order valence-corrected chi connectivity index (χ1v) is 10.9. The normalized spacial score (nSPS) is 22.4. The molecule has 0 bridgehead atoms. The monoisotopic (exact) mass is 402 g/mol. The van der Waals surface area contributed by atoms with Crippen molar-refractivity contribution in [3.05, 3.63) is 47.1 Å². The van der Waals surface area contributed by atoms with Crippen molar-refractivity contribution in [3.8, 4) is 11.5 Å². The van der Waals surface area contributed by atoms with Crippen LogP contribution in [-0.2, 0) is 15.9 Å². The van der Waals surface area contributed by atoms with E-state index in [-0.39, 0.29) is 24.2 Å². The molecular formula is C25H38O4. The fourth-order valence-corrected chi connectivity index (χ4v) is 3.70. The van der Waals surface area contributed by atoms with E-state index in [1.807, 2.05) is 12.1 Å². The van der Waals surface area contributed by atoms with Crippen LogP contribution < -0.4 is 4.74 Å². The van der Waals surface area contributed by atoms with Gasteiger partial charge in [0, 0.05) is 6.42 Å². The third-order valence-corrected chi connectivity index (χ3v) is 5.30. The standard InChI is InChI=1S/C25H38O4/c1-6-8-21-17-22(13-11-20-12-14-23(26)24(16-20)27-5)29-25(28-21)15-19(4)10-7-9-18(2)3/h9,12,14-16,21-22,25-26H,6-8,10-11,13,17H2,1-5H3/b19-15+. The number of phenolic OH excluding ortho intramolecular Hbond substituents is 1. The summed E-state index contributed by atoms with van der Waals surface area (Å²) in [5.41, 5.74) is 3.82. The van der Waals surface area contributed by atoms with Gasteiger partial charge in [-0.25, -0.2) is 0 Å². The van der Waals surface area contributed by atoms with E-state index in [4.69, 9.17) is 14.2 Å². The van der Waals surface area contributed by atoms with Crippen molar-refractivity contribution < 1.29 is 19.3 Å². The Labute approximate surface area is 176 Å². The van der Waals surface area contributed by atoms with Gasteiger partial charge >= 0.3 is 0 Å². The summed E-state index contributed by atoms with van der Waals surface area (Å²) in [6, 6.07) is 5.55. The summed E-state index contributed by atoms with van der Waals surface area (Å²) < 4.78 is 17.7. The third kappa shape index (κ3) is 8.23. The number of hydrogen-bond donors (Lipinski definition) is 1. The lowest BCUT2D eigenvalue weighted by Gasteiger charge is -2.35. The Morgan fingerprint density at radius 1 is 1.17 bits per heavy atom. The largest absolute Gasteiger partial charge is 0.504 e. The van der Waals surface area contributed by atoms with Gasteiger partial charge in [0.05, 0.1) is 19.3 Å². The molecule has 0 aliphatic carbocycles. The molecule has 3 atom stereocenters. The van der Waals surface area contributed by atoms with Crippen LogP contribution >= 0.6 is 0 Å². The van der Waals surface area contributed by atoms with Crippen molar-refractivity contribution in [3.63, 3.8) is 0 Å². The second kappa shape index (κ2) is 12.0. The Balaban J connectivity index is 1.97. The number of allylic oxidation sites excluding steroid dienone is 3. The van der Waals surface area contributed by atoms with Gasteiger partial charge in [0.2, 0.25) is 0 Å². The summed E-state index contributed by atoms with van der Waals surface area (Å²) in [7, 11) is 1.58. The summed E-state index contributed by atoms with van der Waals surface area (Å²) in [6.45, 7) is 8.63. The molecular weight excluding hydrogens is 364 g/mol. The van der Waals surface area contributed by atoms with Crippen molar-refractivity contribution in [1.82, 2.24) is 0 Å². The average Bonchev–Trinajstić information content (AvgIpc) is 2.67. The zero-order valence-electron chi connectivity index (χ0n) is 18.7. The topological polar surface area (TPSA) is 47.9 Å². The molecule has 1 heterocycles. The molecule has 4 heteroatoms. The first-order valence-electron chi connectivity index (χ1n) is 10.9. The number of rotatable bonds is 10. The van der Waals surface area contributed by atoms with Crippen LogP contribution in [0.2, 0.25) is 0 Å². The summed E-state index contributed by atoms with van der Waals surface area (Å²) in [5.74, 6) is 0.697. The lowest BCUT2D eigenvalue weighted by Crippen LogP contribution is -2.37. The molecule has 2 rings (SSSR count). The minimum absolute atomic E-state index is 0.173. The van der Waals surface area contributed by atoms with Crippen LogP contribution in [0.3, 0.4) is 0 Å². The van der Waals surface area contributed by atoms with Crippen LogP contribution in [0.4, 0.5) is 0 Å². The second-order valence-corrected chi connectivity index (χ2v) is 8.29. The predicted octanol–water partition coefficient (Wildman–Crippen LogP) is 6.33. The zero-order chi connectivity index (χ0) is 21.2. The lowest BCUT2D eigenvalue weighted by molar-refractivity contribution is -0.222. The third-order valence-electron chi connectivity index (χ3n) is 5.30. The fraction of sp³-hybridized carbons (Fsp3) is 0.600. The first-order chi connectivity index (χ1) is 13.9. The Kier molecular flexibility index (Phi) is 9.75. The quantitative estimate of drug-likeness (QED) is 0.465. The van der Waals surface area contributed by atoms with Crippen molar-refractivity contribution in [2.75, 3.05) is 7.11 Å². The SMILES string of the molecule is CCCC1CC(CCc2ccc(O)c(OC)c2)OC(/C=C(\C)CCC=C(C)C)O1. The number of benzene rings is 1. The second-order valence-electron chi connectivity index (χ2n) is 8.29. The van der Waals surface area contributed by atoms with Gasteiger partial charge in [-0.1, -0.05) is 36.6 Å². The van der Waals surface area contributed by atoms with Crippen LogP contribution in [0, 0.1) is 0 Å². The van der Waals surface area contributed by atoms with Gasteiger partial charge in [0.15, 0.2) is 17.8 Å². The smallest absolute Gasteiger partial charge is 0.177 e. The Morgan fingerprint density at radius 3 is 2.55 bits per heavy atom. The molecule has 1 aromatic rings. The van der Waals surface area contributed by atoms with Gasteiger partial charge < -0.3 is 19.3 Å². The van der Waals surface area contributed by atoms with E-state index in [1.165, 1.54) is 11.1 Å². The van der Waals surface area contributed by atoms with E-state index >= 15 is 0 Å². The van der Waals surface area contributed by atoms with Crippen LogP contribution in [0.1, 0.15) is 71.8 Å². The van der Waals surface area contributed by atoms with E-state index in [0.29, 0.717) is 5.75 Å². The van der Waals surface area contributed by atoms with Crippen LogP contribution in [0.25, 0.3) is 0 Å². The first kappa shape index (κ1) is 23.5. The van der Waals surface area contributed by atoms with Gasteiger partial charge in [0.25, 0.3) is 0 Å². The lowest BCUT2D eigenvalue weighted by atomic mass is 9.99. The Hall–Kier alpha value is -1.78. The van der Waals surface area contributed by atoms with E-state index in [2.05, 4.69) is 39.8 Å². The van der Waals surface area contributed by atoms with E-state index < -0.39 is 0 Å². The molecule has 1 saturated heterocycles. The van der Waals surface area contributed by atoms with Crippen molar-refractivity contribution in [2.24, 2.45) is 0 Å². The van der Waals surface area contributed by atoms with Gasteiger partial charge in [-0.3, -0.25) is 0 Å². The highest BCUT2D eigenvalue weighted by Gasteiger charge is 2.28.